The van der Waals surface area contributed by atoms with E-state index < -0.39 is 0 Å². The van der Waals surface area contributed by atoms with E-state index in [4.69, 9.17) is 16.3 Å². The number of hydrogen-bond donors (Lipinski definition) is 1. The molecule has 1 aliphatic heterocycles. The first-order valence-corrected chi connectivity index (χ1v) is 8.46. The summed E-state index contributed by atoms with van der Waals surface area (Å²) in [6, 6.07) is 2.73. The van der Waals surface area contributed by atoms with Crippen LogP contribution in [0, 0.1) is 5.92 Å². The molecule has 0 amide bonds. The minimum Gasteiger partial charge on any atom is -0.467 e. The van der Waals surface area contributed by atoms with E-state index in [9.17, 15) is 0 Å². The van der Waals surface area contributed by atoms with Crippen molar-refractivity contribution in [2.45, 2.75) is 18.9 Å². The molecule has 8 heteroatoms. The van der Waals surface area contributed by atoms with Gasteiger partial charge in [0.15, 0.2) is 5.82 Å². The lowest BCUT2D eigenvalue weighted by atomic mass is 9.87. The van der Waals surface area contributed by atoms with Gasteiger partial charge in [0.25, 0.3) is 0 Å². The Labute approximate surface area is 147 Å². The SMILES string of the molecule is COc1ncc(Cl)c(NC[C@@H]2CCCN(C)[C@H]2c2ccnn2C)n1. The predicted molar refractivity (Wildman–Crippen MR) is 93.4 cm³/mol. The Kier molecular flexibility index (Phi) is 5.20. The lowest BCUT2D eigenvalue weighted by molar-refractivity contribution is 0.121. The van der Waals surface area contributed by atoms with Crippen molar-refractivity contribution >= 4 is 17.4 Å². The number of methoxy groups -OCH3 is 1. The minimum atomic E-state index is 0.311. The Morgan fingerprint density at radius 3 is 2.96 bits per heavy atom. The van der Waals surface area contributed by atoms with Crippen molar-refractivity contribution in [3.05, 3.63) is 29.2 Å². The van der Waals surface area contributed by atoms with Crippen LogP contribution in [0.4, 0.5) is 5.82 Å². The van der Waals surface area contributed by atoms with Gasteiger partial charge in [-0.25, -0.2) is 4.98 Å². The quantitative estimate of drug-likeness (QED) is 0.892. The molecule has 7 nitrogen and oxygen atoms in total. The molecule has 0 aromatic carbocycles. The van der Waals surface area contributed by atoms with Crippen molar-refractivity contribution in [3.63, 3.8) is 0 Å². The van der Waals surface area contributed by atoms with Crippen LogP contribution in [0.3, 0.4) is 0 Å². The van der Waals surface area contributed by atoms with E-state index in [1.807, 2.05) is 17.9 Å². The van der Waals surface area contributed by atoms with E-state index in [0.29, 0.717) is 28.8 Å². The Bertz CT molecular complexity index is 691. The van der Waals surface area contributed by atoms with Gasteiger partial charge < -0.3 is 10.1 Å². The van der Waals surface area contributed by atoms with Gasteiger partial charge in [0.1, 0.15) is 5.02 Å². The normalized spacial score (nSPS) is 21.7. The molecule has 1 N–H and O–H groups in total. The summed E-state index contributed by atoms with van der Waals surface area (Å²) in [6.07, 6.45) is 5.74. The minimum absolute atomic E-state index is 0.311. The van der Waals surface area contributed by atoms with Crippen LogP contribution in [-0.4, -0.2) is 51.9 Å². The molecule has 2 aromatic rings. The predicted octanol–water partition coefficient (Wildman–Crippen LogP) is 2.37. The summed E-state index contributed by atoms with van der Waals surface area (Å²) in [7, 11) is 5.71. The molecule has 24 heavy (non-hydrogen) atoms. The van der Waals surface area contributed by atoms with Gasteiger partial charge in [-0.2, -0.15) is 10.1 Å². The van der Waals surface area contributed by atoms with Gasteiger partial charge in [0, 0.05) is 19.8 Å². The number of rotatable bonds is 5. The number of hydrogen-bond acceptors (Lipinski definition) is 6. The third-order valence-corrected chi connectivity index (χ3v) is 4.88. The fourth-order valence-corrected chi connectivity index (χ4v) is 3.57. The van der Waals surface area contributed by atoms with Crippen molar-refractivity contribution in [2.24, 2.45) is 13.0 Å². The number of halogens is 1. The zero-order valence-electron chi connectivity index (χ0n) is 14.2. The molecule has 1 fully saturated rings. The highest BCUT2D eigenvalue weighted by molar-refractivity contribution is 6.32. The van der Waals surface area contributed by atoms with Crippen LogP contribution < -0.4 is 10.1 Å². The van der Waals surface area contributed by atoms with Crippen molar-refractivity contribution < 1.29 is 4.74 Å². The van der Waals surface area contributed by atoms with E-state index >= 15 is 0 Å². The average molecular weight is 351 g/mol. The summed E-state index contributed by atoms with van der Waals surface area (Å²) in [5, 5.41) is 8.19. The molecule has 3 heterocycles. The number of nitrogens with zero attached hydrogens (tertiary/aromatic N) is 5. The lowest BCUT2D eigenvalue weighted by Crippen LogP contribution is -2.40. The van der Waals surface area contributed by atoms with Gasteiger partial charge in [0.05, 0.1) is 25.0 Å². The molecule has 0 unspecified atom stereocenters. The Morgan fingerprint density at radius 2 is 2.25 bits per heavy atom. The summed E-state index contributed by atoms with van der Waals surface area (Å²) >= 11 is 6.19. The summed E-state index contributed by atoms with van der Waals surface area (Å²) in [6.45, 7) is 1.87. The molecule has 130 valence electrons. The fourth-order valence-electron chi connectivity index (χ4n) is 3.42. The molecule has 0 spiro atoms. The maximum absolute atomic E-state index is 6.19. The third-order valence-electron chi connectivity index (χ3n) is 4.61. The van der Waals surface area contributed by atoms with Gasteiger partial charge in [-0.05, 0) is 38.4 Å². The Morgan fingerprint density at radius 1 is 1.42 bits per heavy atom. The number of nitrogens with one attached hydrogen (secondary N) is 1. The molecule has 0 bridgehead atoms. The second kappa shape index (κ2) is 7.36. The monoisotopic (exact) mass is 350 g/mol. The molecule has 0 saturated carbocycles. The molecule has 2 aromatic heterocycles. The molecule has 0 aliphatic carbocycles. The Hall–Kier alpha value is -1.86. The molecule has 1 saturated heterocycles. The first kappa shape index (κ1) is 17.0. The van der Waals surface area contributed by atoms with Crippen molar-refractivity contribution in [3.8, 4) is 6.01 Å². The molecule has 3 rings (SSSR count). The van der Waals surface area contributed by atoms with E-state index in [1.54, 1.807) is 13.3 Å². The maximum atomic E-state index is 6.19. The maximum Gasteiger partial charge on any atom is 0.318 e. The summed E-state index contributed by atoms with van der Waals surface area (Å²) in [4.78, 5) is 10.7. The topological polar surface area (TPSA) is 68.1 Å². The van der Waals surface area contributed by atoms with E-state index in [1.165, 1.54) is 12.1 Å². The average Bonchev–Trinajstić information content (AvgIpc) is 3.00. The van der Waals surface area contributed by atoms with Gasteiger partial charge in [-0.3, -0.25) is 9.58 Å². The zero-order chi connectivity index (χ0) is 17.1. The standard InChI is InChI=1S/C16H23ClN6O/c1-22-8-4-5-11(14(22)13-6-7-20-23(13)2)9-18-15-12(17)10-19-16(21-15)24-3/h6-7,10-11,14H,4-5,8-9H2,1-3H3,(H,18,19,21)/t11-,14+/m0/s1. The van der Waals surface area contributed by atoms with E-state index in [2.05, 4.69) is 38.4 Å². The highest BCUT2D eigenvalue weighted by Gasteiger charge is 2.32. The number of ether oxygens (including phenoxy) is 1. The van der Waals surface area contributed by atoms with Gasteiger partial charge in [-0.1, -0.05) is 11.6 Å². The highest BCUT2D eigenvalue weighted by Crippen LogP contribution is 2.35. The van der Waals surface area contributed by atoms with E-state index in [0.717, 1.165) is 19.5 Å². The highest BCUT2D eigenvalue weighted by atomic mass is 35.5. The second-order valence-corrected chi connectivity index (χ2v) is 6.55. The van der Waals surface area contributed by atoms with Crippen molar-refractivity contribution in [2.75, 3.05) is 32.6 Å². The number of anilines is 1. The summed E-state index contributed by atoms with van der Waals surface area (Å²) < 4.78 is 7.03. The smallest absolute Gasteiger partial charge is 0.318 e. The Balaban J connectivity index is 1.76. The summed E-state index contributed by atoms with van der Waals surface area (Å²) in [5.74, 6) is 1.05. The molecular weight excluding hydrogens is 328 g/mol. The number of piperidine rings is 1. The number of likely N-dealkylation sites (tertiary alicyclic amines) is 1. The second-order valence-electron chi connectivity index (χ2n) is 6.14. The van der Waals surface area contributed by atoms with Gasteiger partial charge >= 0.3 is 6.01 Å². The van der Waals surface area contributed by atoms with Crippen molar-refractivity contribution in [1.82, 2.24) is 24.6 Å². The zero-order valence-corrected chi connectivity index (χ0v) is 15.0. The van der Waals surface area contributed by atoms with Crippen LogP contribution in [-0.2, 0) is 7.05 Å². The van der Waals surface area contributed by atoms with E-state index in [-0.39, 0.29) is 0 Å². The fraction of sp³-hybridized carbons (Fsp3) is 0.562. The van der Waals surface area contributed by atoms with Gasteiger partial charge in [0.2, 0.25) is 0 Å². The molecule has 0 radical (unpaired) electrons. The van der Waals surface area contributed by atoms with Crippen LogP contribution in [0.1, 0.15) is 24.6 Å². The molecule has 1 aliphatic rings. The first-order chi connectivity index (χ1) is 11.6. The van der Waals surface area contributed by atoms with Gasteiger partial charge in [-0.15, -0.1) is 0 Å². The van der Waals surface area contributed by atoms with Crippen LogP contribution in [0.5, 0.6) is 6.01 Å². The number of aromatic nitrogens is 4. The lowest BCUT2D eigenvalue weighted by Gasteiger charge is -2.39. The number of aryl methyl sites for hydroxylation is 1. The van der Waals surface area contributed by atoms with Crippen LogP contribution in [0.2, 0.25) is 5.02 Å². The van der Waals surface area contributed by atoms with Crippen LogP contribution >= 0.6 is 11.6 Å². The summed E-state index contributed by atoms with van der Waals surface area (Å²) in [5.41, 5.74) is 1.23. The largest absolute Gasteiger partial charge is 0.467 e. The first-order valence-electron chi connectivity index (χ1n) is 8.08. The van der Waals surface area contributed by atoms with Crippen LogP contribution in [0.25, 0.3) is 0 Å². The van der Waals surface area contributed by atoms with Crippen molar-refractivity contribution in [1.29, 1.82) is 0 Å². The van der Waals surface area contributed by atoms with Crippen LogP contribution in [0.15, 0.2) is 18.5 Å². The molecule has 2 atom stereocenters. The third kappa shape index (κ3) is 3.47. The molecular formula is C16H23ClN6O.